The number of rotatable bonds is 4. The Morgan fingerprint density at radius 3 is 2.12 bits per heavy atom. The molecule has 0 fully saturated rings. The number of nitrogens with two attached hydrogens (primary N) is 1. The molecule has 0 spiro atoms. The lowest BCUT2D eigenvalue weighted by Gasteiger charge is -2.10. The molecule has 0 radical (unpaired) electrons. The molecular weight excluding hydrogens is 246 g/mol. The summed E-state index contributed by atoms with van der Waals surface area (Å²) >= 11 is 0. The molecule has 3 nitrogen and oxygen atoms in total. The largest absolute Gasteiger partial charge is 0.324 e. The third-order valence-corrected chi connectivity index (χ3v) is 3.46. The van der Waals surface area contributed by atoms with E-state index in [4.69, 9.17) is 5.73 Å². The molecule has 5 heteroatoms. The van der Waals surface area contributed by atoms with E-state index in [1.54, 1.807) is 24.3 Å². The minimum atomic E-state index is -3.10. The first-order chi connectivity index (χ1) is 6.95. The second-order valence-corrected chi connectivity index (χ2v) is 5.75. The Morgan fingerprint density at radius 2 is 1.75 bits per heavy atom. The summed E-state index contributed by atoms with van der Waals surface area (Å²) in [4.78, 5) is 0.343. The Morgan fingerprint density at radius 1 is 1.25 bits per heavy atom. The zero-order valence-electron chi connectivity index (χ0n) is 9.51. The maximum atomic E-state index is 11.2. The molecule has 0 bridgehead atoms. The van der Waals surface area contributed by atoms with E-state index in [1.807, 2.05) is 0 Å². The first-order valence-electron chi connectivity index (χ1n) is 5.00. The normalized spacial score (nSPS) is 12.9. The predicted octanol–water partition coefficient (Wildman–Crippen LogP) is 2.31. The van der Waals surface area contributed by atoms with Crippen molar-refractivity contribution in [2.45, 2.75) is 30.7 Å². The Kier molecular flexibility index (Phi) is 6.00. The Labute approximate surface area is 103 Å². The molecule has 92 valence electrons. The van der Waals surface area contributed by atoms with Gasteiger partial charge in [-0.2, -0.15) is 0 Å². The molecule has 1 atom stereocenters. The molecule has 2 N–H and O–H groups in total. The van der Waals surface area contributed by atoms with E-state index in [9.17, 15) is 8.42 Å². The van der Waals surface area contributed by atoms with E-state index < -0.39 is 9.84 Å². The average Bonchev–Trinajstić information content (AvgIpc) is 2.17. The maximum absolute atomic E-state index is 11.2. The maximum Gasteiger partial charge on any atom is 0.175 e. The fourth-order valence-electron chi connectivity index (χ4n) is 1.44. The van der Waals surface area contributed by atoms with Gasteiger partial charge in [0, 0.05) is 12.3 Å². The van der Waals surface area contributed by atoms with Gasteiger partial charge in [-0.25, -0.2) is 8.42 Å². The summed E-state index contributed by atoms with van der Waals surface area (Å²) in [5, 5.41) is 0. The van der Waals surface area contributed by atoms with Gasteiger partial charge in [0.1, 0.15) is 0 Å². The molecule has 0 aliphatic rings. The van der Waals surface area contributed by atoms with Crippen molar-refractivity contribution in [3.63, 3.8) is 0 Å². The van der Waals surface area contributed by atoms with E-state index in [0.29, 0.717) is 4.90 Å². The third kappa shape index (κ3) is 4.12. The van der Waals surface area contributed by atoms with Crippen LogP contribution in [0.25, 0.3) is 0 Å². The molecule has 0 saturated carbocycles. The molecule has 1 rings (SSSR count). The lowest BCUT2D eigenvalue weighted by Crippen LogP contribution is -2.09. The van der Waals surface area contributed by atoms with Gasteiger partial charge in [-0.15, -0.1) is 12.4 Å². The van der Waals surface area contributed by atoms with Gasteiger partial charge < -0.3 is 5.73 Å². The summed E-state index contributed by atoms with van der Waals surface area (Å²) in [7, 11) is -3.10. The molecular formula is C11H18ClNO2S. The second-order valence-electron chi connectivity index (χ2n) is 3.74. The molecule has 0 amide bonds. The van der Waals surface area contributed by atoms with Crippen LogP contribution in [0.15, 0.2) is 29.2 Å². The van der Waals surface area contributed by atoms with E-state index in [0.717, 1.165) is 18.4 Å². The predicted molar refractivity (Wildman–Crippen MR) is 68.6 cm³/mol. The van der Waals surface area contributed by atoms with Crippen LogP contribution in [0.1, 0.15) is 31.4 Å². The number of sulfone groups is 1. The summed E-state index contributed by atoms with van der Waals surface area (Å²) in [5.41, 5.74) is 6.91. The summed E-state index contributed by atoms with van der Waals surface area (Å²) in [6.07, 6.45) is 3.14. The van der Waals surface area contributed by atoms with Gasteiger partial charge in [0.25, 0.3) is 0 Å². The quantitative estimate of drug-likeness (QED) is 0.907. The minimum absolute atomic E-state index is 0. The molecule has 1 aromatic rings. The number of benzene rings is 1. The van der Waals surface area contributed by atoms with Crippen molar-refractivity contribution in [2.75, 3.05) is 6.26 Å². The molecule has 0 aliphatic carbocycles. The van der Waals surface area contributed by atoms with Crippen LogP contribution in [0.5, 0.6) is 0 Å². The standard InChI is InChI=1S/C11H17NO2S.ClH/c1-3-4-11(12)9-5-7-10(8-6-9)15(2,13)14;/h5-8,11H,3-4,12H2,1-2H3;1H/t11-;/m0./s1. The van der Waals surface area contributed by atoms with Crippen LogP contribution in [-0.4, -0.2) is 14.7 Å². The van der Waals surface area contributed by atoms with Crippen LogP contribution >= 0.6 is 12.4 Å². The summed E-state index contributed by atoms with van der Waals surface area (Å²) in [6, 6.07) is 6.80. The molecule has 16 heavy (non-hydrogen) atoms. The topological polar surface area (TPSA) is 60.2 Å². The van der Waals surface area contributed by atoms with Crippen LogP contribution in [0.2, 0.25) is 0 Å². The monoisotopic (exact) mass is 263 g/mol. The first kappa shape index (κ1) is 15.4. The van der Waals surface area contributed by atoms with Crippen LogP contribution in [0.4, 0.5) is 0 Å². The van der Waals surface area contributed by atoms with Crippen molar-refractivity contribution < 1.29 is 8.42 Å². The zero-order valence-corrected chi connectivity index (χ0v) is 11.1. The van der Waals surface area contributed by atoms with Gasteiger partial charge in [-0.05, 0) is 24.1 Å². The van der Waals surface area contributed by atoms with Crippen molar-refractivity contribution in [3.05, 3.63) is 29.8 Å². The van der Waals surface area contributed by atoms with Crippen LogP contribution in [0, 0.1) is 0 Å². The Hall–Kier alpha value is -0.580. The summed E-state index contributed by atoms with van der Waals surface area (Å²) in [6.45, 7) is 2.07. The van der Waals surface area contributed by atoms with Crippen molar-refractivity contribution in [3.8, 4) is 0 Å². The average molecular weight is 264 g/mol. The Bertz CT molecular complexity index is 414. The van der Waals surface area contributed by atoms with Gasteiger partial charge in [-0.1, -0.05) is 25.5 Å². The molecule has 1 aromatic carbocycles. The number of halogens is 1. The highest BCUT2D eigenvalue weighted by molar-refractivity contribution is 7.90. The van der Waals surface area contributed by atoms with Gasteiger partial charge in [-0.3, -0.25) is 0 Å². The van der Waals surface area contributed by atoms with E-state index in [2.05, 4.69) is 6.92 Å². The minimum Gasteiger partial charge on any atom is -0.324 e. The van der Waals surface area contributed by atoms with Gasteiger partial charge in [0.2, 0.25) is 0 Å². The van der Waals surface area contributed by atoms with Crippen molar-refractivity contribution in [1.82, 2.24) is 0 Å². The van der Waals surface area contributed by atoms with Gasteiger partial charge in [0.05, 0.1) is 4.90 Å². The van der Waals surface area contributed by atoms with Gasteiger partial charge >= 0.3 is 0 Å². The highest BCUT2D eigenvalue weighted by Crippen LogP contribution is 2.18. The fraction of sp³-hybridized carbons (Fsp3) is 0.455. The van der Waals surface area contributed by atoms with E-state index >= 15 is 0 Å². The third-order valence-electron chi connectivity index (χ3n) is 2.34. The Balaban J connectivity index is 0.00000225. The highest BCUT2D eigenvalue weighted by atomic mass is 35.5. The lowest BCUT2D eigenvalue weighted by molar-refractivity contribution is 0.601. The number of hydrogen-bond donors (Lipinski definition) is 1. The second kappa shape index (κ2) is 6.23. The summed E-state index contributed by atoms with van der Waals surface area (Å²) in [5.74, 6) is 0. The molecule has 0 unspecified atom stereocenters. The fourth-order valence-corrected chi connectivity index (χ4v) is 2.07. The van der Waals surface area contributed by atoms with E-state index in [-0.39, 0.29) is 18.4 Å². The van der Waals surface area contributed by atoms with Crippen LogP contribution in [0.3, 0.4) is 0 Å². The number of hydrogen-bond acceptors (Lipinski definition) is 3. The van der Waals surface area contributed by atoms with Crippen molar-refractivity contribution >= 4 is 22.2 Å². The lowest BCUT2D eigenvalue weighted by atomic mass is 10.0. The smallest absolute Gasteiger partial charge is 0.175 e. The van der Waals surface area contributed by atoms with Crippen LogP contribution < -0.4 is 5.73 Å². The van der Waals surface area contributed by atoms with Crippen LogP contribution in [-0.2, 0) is 9.84 Å². The molecule has 0 aromatic heterocycles. The van der Waals surface area contributed by atoms with Crippen molar-refractivity contribution in [1.29, 1.82) is 0 Å². The van der Waals surface area contributed by atoms with E-state index in [1.165, 1.54) is 6.26 Å². The first-order valence-corrected chi connectivity index (χ1v) is 6.90. The van der Waals surface area contributed by atoms with Crippen molar-refractivity contribution in [2.24, 2.45) is 5.73 Å². The molecule has 0 aliphatic heterocycles. The SMILES string of the molecule is CCC[C@H](N)c1ccc(S(C)(=O)=O)cc1.Cl. The molecule has 0 saturated heterocycles. The highest BCUT2D eigenvalue weighted by Gasteiger charge is 2.08. The molecule has 0 heterocycles. The summed E-state index contributed by atoms with van der Waals surface area (Å²) < 4.78 is 22.4. The van der Waals surface area contributed by atoms with Gasteiger partial charge in [0.15, 0.2) is 9.84 Å². The zero-order chi connectivity index (χ0) is 11.5.